The second-order valence-corrected chi connectivity index (χ2v) is 14.1. The van der Waals surface area contributed by atoms with Crippen LogP contribution >= 0.6 is 0 Å². The fraction of sp³-hybridized carbons (Fsp3) is 0.364. The Bertz CT molecular complexity index is 2250. The monoisotopic (exact) mass is 725 g/mol. The number of nitrogens with one attached hydrogen (secondary N) is 4. The van der Waals surface area contributed by atoms with E-state index in [1.54, 1.807) is 16.3 Å². The Morgan fingerprint density at radius 2 is 1.75 bits per heavy atom. The Balaban J connectivity index is 0.000000176. The number of hydrogen-bond donors (Lipinski definition) is 6. The summed E-state index contributed by atoms with van der Waals surface area (Å²) in [5.41, 5.74) is 2.29. The zero-order valence-corrected chi connectivity index (χ0v) is 28.3. The van der Waals surface area contributed by atoms with Crippen molar-refractivity contribution < 1.29 is 42.2 Å². The van der Waals surface area contributed by atoms with Crippen LogP contribution in [0.3, 0.4) is 0 Å². The van der Waals surface area contributed by atoms with Gasteiger partial charge < -0.3 is 20.8 Å². The van der Waals surface area contributed by atoms with E-state index in [4.69, 9.17) is 5.11 Å². The van der Waals surface area contributed by atoms with Gasteiger partial charge in [-0.25, -0.2) is 18.2 Å². The average molecular weight is 726 g/mol. The van der Waals surface area contributed by atoms with E-state index in [1.807, 2.05) is 6.07 Å². The van der Waals surface area contributed by atoms with Gasteiger partial charge in [-0.05, 0) is 85.6 Å². The normalized spacial score (nSPS) is 19.1. The average Bonchev–Trinajstić information content (AvgIpc) is 3.50. The van der Waals surface area contributed by atoms with Gasteiger partial charge in [0.25, 0.3) is 5.91 Å². The van der Waals surface area contributed by atoms with Crippen LogP contribution in [0.1, 0.15) is 49.6 Å². The highest BCUT2D eigenvalue weighted by molar-refractivity contribution is 7.92. The van der Waals surface area contributed by atoms with E-state index in [9.17, 15) is 41.9 Å². The van der Waals surface area contributed by atoms with Crippen LogP contribution in [-0.4, -0.2) is 77.6 Å². The van der Waals surface area contributed by atoms with E-state index < -0.39 is 57.8 Å². The van der Waals surface area contributed by atoms with Crippen LogP contribution in [0.2, 0.25) is 0 Å². The Hall–Kier alpha value is -5.33. The number of aromatic hydroxyl groups is 1. The Labute approximate surface area is 290 Å². The number of benzene rings is 3. The first-order chi connectivity index (χ1) is 24.3. The molecule has 1 atom stereocenters. The molecular formula is C33H36FN7O9S. The molecule has 4 aromatic rings. The Kier molecular flexibility index (Phi) is 9.83. The van der Waals surface area contributed by atoms with Gasteiger partial charge in [-0.1, -0.05) is 6.07 Å². The number of amides is 4. The van der Waals surface area contributed by atoms with Crippen LogP contribution in [0.4, 0.5) is 15.8 Å². The number of phenols is 1. The number of aromatic nitrogens is 2. The molecule has 0 radical (unpaired) electrons. The maximum absolute atomic E-state index is 14.8. The second-order valence-electron chi connectivity index (χ2n) is 12.5. The molecule has 7 rings (SSSR count). The number of carbonyl (C=O) groups is 4. The molecule has 51 heavy (non-hydrogen) atoms. The quantitative estimate of drug-likeness (QED) is 0.155. The number of fused-ring (bicyclic) bond motifs is 2. The van der Waals surface area contributed by atoms with E-state index in [1.165, 1.54) is 28.3 Å². The molecule has 6 N–H and O–H groups in total. The van der Waals surface area contributed by atoms with Crippen molar-refractivity contribution in [2.45, 2.75) is 44.1 Å². The molecule has 3 aliphatic rings. The number of imidazole rings is 1. The van der Waals surface area contributed by atoms with Gasteiger partial charge >= 0.3 is 15.9 Å². The number of piperidine rings is 2. The standard InChI is InChI=1S/C18H22N4O3.C15H14FN3O6S/c1-21-15-10-12(11-6-8-19-9-7-11)2-3-13(15)22(18(21)25)14-4-5-16(23)20-17(14)24;16-14-10-2-1-9(17-12(22)3-4-20)5-8(10)6-11(21)15(14)19-7-13(23)18-26(19,24)25/h2-3,10-11,14,19H,4-9H2,1H3,(H,20,23,24);1-2,5-6,20-21H,3-4,7H2,(H,17,22)(H,18,23). The van der Waals surface area contributed by atoms with Gasteiger partial charge in [-0.2, -0.15) is 8.42 Å². The van der Waals surface area contributed by atoms with E-state index in [2.05, 4.69) is 28.1 Å². The third kappa shape index (κ3) is 7.02. The molecular weight excluding hydrogens is 689 g/mol. The lowest BCUT2D eigenvalue weighted by Crippen LogP contribution is -2.44. The number of aryl methyl sites for hydroxylation is 1. The predicted octanol–water partition coefficient (Wildman–Crippen LogP) is 0.971. The predicted molar refractivity (Wildman–Crippen MR) is 184 cm³/mol. The number of imide groups is 1. The third-order valence-electron chi connectivity index (χ3n) is 9.17. The van der Waals surface area contributed by atoms with Gasteiger partial charge in [0.1, 0.15) is 24.0 Å². The molecule has 0 spiro atoms. The number of hydrogen-bond acceptors (Lipinski definition) is 10. The van der Waals surface area contributed by atoms with E-state index >= 15 is 0 Å². The molecule has 3 saturated heterocycles. The number of rotatable bonds is 6. The number of anilines is 2. The summed E-state index contributed by atoms with van der Waals surface area (Å²) in [6, 6.07) is 10.7. The first-order valence-electron chi connectivity index (χ1n) is 16.2. The molecule has 0 bridgehead atoms. The molecule has 270 valence electrons. The van der Waals surface area contributed by atoms with Crippen molar-refractivity contribution in [3.8, 4) is 5.75 Å². The van der Waals surface area contributed by atoms with Gasteiger partial charge in [0.15, 0.2) is 5.82 Å². The second kappa shape index (κ2) is 14.1. The SMILES string of the molecule is Cn1c(=O)n(C2CCC(=O)NC2=O)c2ccc(C3CCNCC3)cc21.O=C(CCO)Nc1ccc2c(F)c(N3CC(=O)NS3(=O)=O)c(O)cc2c1. The number of aliphatic hydroxyl groups is 1. The number of nitrogens with zero attached hydrogens (tertiary/aromatic N) is 3. The summed E-state index contributed by atoms with van der Waals surface area (Å²) >= 11 is 0. The summed E-state index contributed by atoms with van der Waals surface area (Å²) in [6.07, 6.45) is 2.69. The van der Waals surface area contributed by atoms with Crippen LogP contribution in [-0.2, 0) is 36.4 Å². The lowest BCUT2D eigenvalue weighted by molar-refractivity contribution is -0.135. The summed E-state index contributed by atoms with van der Waals surface area (Å²) in [4.78, 5) is 59.2. The molecule has 16 nitrogen and oxygen atoms in total. The summed E-state index contributed by atoms with van der Waals surface area (Å²) in [7, 11) is -2.54. The van der Waals surface area contributed by atoms with Crippen molar-refractivity contribution in [3.05, 3.63) is 64.3 Å². The highest BCUT2D eigenvalue weighted by Gasteiger charge is 2.38. The van der Waals surface area contributed by atoms with E-state index in [0.29, 0.717) is 22.3 Å². The van der Waals surface area contributed by atoms with Gasteiger partial charge in [0.2, 0.25) is 17.7 Å². The first-order valence-corrected chi connectivity index (χ1v) is 17.7. The van der Waals surface area contributed by atoms with E-state index in [0.717, 1.165) is 43.0 Å². The topological polar surface area (TPSA) is 221 Å². The van der Waals surface area contributed by atoms with Gasteiger partial charge in [-0.15, -0.1) is 0 Å². The van der Waals surface area contributed by atoms with Crippen LogP contribution in [0.15, 0.2) is 47.3 Å². The molecule has 18 heteroatoms. The minimum atomic E-state index is -4.28. The molecule has 3 aromatic carbocycles. The fourth-order valence-corrected chi connectivity index (χ4v) is 7.81. The molecule has 0 aliphatic carbocycles. The van der Waals surface area contributed by atoms with Gasteiger partial charge in [0, 0.05) is 24.5 Å². The van der Waals surface area contributed by atoms with Crippen LogP contribution in [0.5, 0.6) is 5.75 Å². The van der Waals surface area contributed by atoms with E-state index in [-0.39, 0.29) is 41.8 Å². The van der Waals surface area contributed by atoms with Crippen molar-refractivity contribution in [2.24, 2.45) is 7.05 Å². The Morgan fingerprint density at radius 1 is 1.00 bits per heavy atom. The zero-order valence-electron chi connectivity index (χ0n) is 27.4. The fourth-order valence-electron chi connectivity index (χ4n) is 6.64. The third-order valence-corrected chi connectivity index (χ3v) is 10.5. The smallest absolute Gasteiger partial charge is 0.329 e. The molecule has 0 saturated carbocycles. The highest BCUT2D eigenvalue weighted by atomic mass is 32.2. The number of halogens is 1. The van der Waals surface area contributed by atoms with Gasteiger partial charge in [0.05, 0.1) is 24.1 Å². The van der Waals surface area contributed by atoms with Crippen LogP contribution in [0, 0.1) is 5.82 Å². The Morgan fingerprint density at radius 3 is 2.41 bits per heavy atom. The molecule has 4 amide bonds. The number of phenolic OH excluding ortho intramolecular Hbond substituents is 1. The zero-order chi connectivity index (χ0) is 36.6. The van der Waals surface area contributed by atoms with Gasteiger partial charge in [-0.3, -0.25) is 33.6 Å². The lowest BCUT2D eigenvalue weighted by Gasteiger charge is -2.23. The van der Waals surface area contributed by atoms with Crippen molar-refractivity contribution in [3.63, 3.8) is 0 Å². The molecule has 1 aromatic heterocycles. The summed E-state index contributed by atoms with van der Waals surface area (Å²) in [5.74, 6) is -3.15. The van der Waals surface area contributed by atoms with Crippen molar-refractivity contribution in [1.29, 1.82) is 0 Å². The number of aliphatic hydroxyl groups excluding tert-OH is 1. The van der Waals surface area contributed by atoms with Crippen molar-refractivity contribution in [2.75, 3.05) is 35.9 Å². The maximum Gasteiger partial charge on any atom is 0.329 e. The molecule has 3 fully saturated rings. The largest absolute Gasteiger partial charge is 0.506 e. The molecule has 3 aliphatic heterocycles. The van der Waals surface area contributed by atoms with Crippen molar-refractivity contribution in [1.82, 2.24) is 24.5 Å². The maximum atomic E-state index is 14.8. The highest BCUT2D eigenvalue weighted by Crippen LogP contribution is 2.39. The van der Waals surface area contributed by atoms with Crippen LogP contribution < -0.4 is 30.7 Å². The summed E-state index contributed by atoms with van der Waals surface area (Å²) in [5, 5.41) is 27.3. The lowest BCUT2D eigenvalue weighted by atomic mass is 9.90. The van der Waals surface area contributed by atoms with Crippen LogP contribution in [0.25, 0.3) is 21.8 Å². The van der Waals surface area contributed by atoms with Crippen molar-refractivity contribution >= 4 is 67.0 Å². The first kappa shape index (κ1) is 35.5. The number of carbonyl (C=O) groups excluding carboxylic acids is 4. The minimum absolute atomic E-state index is 0.00694. The summed E-state index contributed by atoms with van der Waals surface area (Å²) in [6.45, 7) is 1.06. The molecule has 4 heterocycles. The molecule has 1 unspecified atom stereocenters. The minimum Gasteiger partial charge on any atom is -0.506 e. The summed E-state index contributed by atoms with van der Waals surface area (Å²) < 4.78 is 43.9.